The van der Waals surface area contributed by atoms with Crippen molar-refractivity contribution in [1.29, 1.82) is 0 Å². The van der Waals surface area contributed by atoms with Gasteiger partial charge in [0.25, 0.3) is 5.56 Å². The fourth-order valence-electron chi connectivity index (χ4n) is 3.96. The fourth-order valence-corrected chi connectivity index (χ4v) is 3.96. The molecule has 3 heteroatoms. The molecule has 31 heavy (non-hydrogen) atoms. The van der Waals surface area contributed by atoms with E-state index in [2.05, 4.69) is 0 Å². The number of hydrogen-bond acceptors (Lipinski definition) is 2. The van der Waals surface area contributed by atoms with Gasteiger partial charge in [-0.15, -0.1) is 0 Å². The van der Waals surface area contributed by atoms with Crippen molar-refractivity contribution in [1.82, 2.24) is 4.57 Å². The summed E-state index contributed by atoms with van der Waals surface area (Å²) in [4.78, 5) is 27.3. The molecule has 5 aromatic rings. The van der Waals surface area contributed by atoms with Crippen LogP contribution in [0.1, 0.15) is 15.9 Å². The Kier molecular flexibility index (Phi) is 4.77. The van der Waals surface area contributed by atoms with E-state index in [9.17, 15) is 9.59 Å². The van der Waals surface area contributed by atoms with Crippen molar-refractivity contribution < 1.29 is 4.79 Å². The highest BCUT2D eigenvalue weighted by Gasteiger charge is 2.21. The summed E-state index contributed by atoms with van der Waals surface area (Å²) in [6, 6.07) is 34.1. The van der Waals surface area contributed by atoms with Crippen LogP contribution in [0.2, 0.25) is 0 Å². The van der Waals surface area contributed by atoms with Crippen LogP contribution in [-0.4, -0.2) is 10.4 Å². The zero-order valence-corrected chi connectivity index (χ0v) is 16.7. The second-order valence-electron chi connectivity index (χ2n) is 7.34. The number of benzene rings is 4. The van der Waals surface area contributed by atoms with Gasteiger partial charge in [0.1, 0.15) is 0 Å². The molecule has 0 bridgehead atoms. The van der Waals surface area contributed by atoms with Gasteiger partial charge in [0.15, 0.2) is 5.78 Å². The summed E-state index contributed by atoms with van der Waals surface area (Å²) in [7, 11) is 0. The highest BCUT2D eigenvalue weighted by Crippen LogP contribution is 2.26. The number of ketones is 1. The number of carbonyl (C=O) groups excluding carboxylic acids is 1. The second kappa shape index (κ2) is 7.88. The van der Waals surface area contributed by atoms with Crippen LogP contribution in [0.25, 0.3) is 27.6 Å². The molecule has 0 N–H and O–H groups in total. The first-order chi connectivity index (χ1) is 15.2. The maximum absolute atomic E-state index is 13.8. The van der Waals surface area contributed by atoms with Crippen LogP contribution in [0.5, 0.6) is 0 Å². The fraction of sp³-hybridized carbons (Fsp3) is 0. The van der Waals surface area contributed by atoms with E-state index >= 15 is 0 Å². The van der Waals surface area contributed by atoms with Gasteiger partial charge in [-0.3, -0.25) is 14.2 Å². The van der Waals surface area contributed by atoms with E-state index in [0.717, 1.165) is 22.0 Å². The van der Waals surface area contributed by atoms with E-state index in [-0.39, 0.29) is 16.9 Å². The van der Waals surface area contributed by atoms with Crippen molar-refractivity contribution in [2.24, 2.45) is 0 Å². The number of nitrogens with zero attached hydrogens (tertiary/aromatic N) is 1. The summed E-state index contributed by atoms with van der Waals surface area (Å²) in [5, 5.41) is 1.99. The number of fused-ring (bicyclic) bond motifs is 1. The normalized spacial score (nSPS) is 10.8. The number of rotatable bonds is 4. The Labute approximate surface area is 179 Å². The topological polar surface area (TPSA) is 39.1 Å². The average Bonchev–Trinajstić information content (AvgIpc) is 2.84. The first-order valence-electron chi connectivity index (χ1n) is 10.1. The maximum atomic E-state index is 13.8. The summed E-state index contributed by atoms with van der Waals surface area (Å²) in [6.45, 7) is 0. The molecule has 4 aromatic carbocycles. The molecule has 0 aliphatic carbocycles. The monoisotopic (exact) mass is 401 g/mol. The van der Waals surface area contributed by atoms with Crippen LogP contribution in [0.3, 0.4) is 0 Å². The summed E-state index contributed by atoms with van der Waals surface area (Å²) < 4.78 is 1.57. The van der Waals surface area contributed by atoms with E-state index in [1.165, 1.54) is 0 Å². The molecule has 0 fully saturated rings. The smallest absolute Gasteiger partial charge is 0.266 e. The van der Waals surface area contributed by atoms with Crippen LogP contribution in [-0.2, 0) is 0 Å². The van der Waals surface area contributed by atoms with Crippen molar-refractivity contribution in [3.8, 4) is 16.8 Å². The SMILES string of the molecule is O=C(c1ccccc1)c1c(-c2ccccc2)ccn(-c2cccc3ccccc23)c1=O. The van der Waals surface area contributed by atoms with E-state index in [1.54, 1.807) is 22.9 Å². The Hall–Kier alpha value is -4.24. The number of pyridine rings is 1. The standard InChI is InChI=1S/C28H19NO2/c30-27(22-13-5-2-6-14-22)26-24(21-10-3-1-4-11-21)18-19-29(28(26)31)25-17-9-15-20-12-7-8-16-23(20)25/h1-19H. The molecular weight excluding hydrogens is 382 g/mol. The molecule has 5 rings (SSSR count). The van der Waals surface area contributed by atoms with E-state index in [4.69, 9.17) is 0 Å². The Morgan fingerprint density at radius 2 is 1.29 bits per heavy atom. The number of hydrogen-bond donors (Lipinski definition) is 0. The molecule has 0 radical (unpaired) electrons. The van der Waals surface area contributed by atoms with Gasteiger partial charge in [-0.25, -0.2) is 0 Å². The first-order valence-corrected chi connectivity index (χ1v) is 10.1. The predicted molar refractivity (Wildman–Crippen MR) is 125 cm³/mol. The van der Waals surface area contributed by atoms with Gasteiger partial charge in [-0.05, 0) is 28.6 Å². The quantitative estimate of drug-likeness (QED) is 0.352. The van der Waals surface area contributed by atoms with Crippen molar-refractivity contribution >= 4 is 16.6 Å². The molecule has 0 spiro atoms. The number of carbonyl (C=O) groups is 1. The molecule has 148 valence electrons. The van der Waals surface area contributed by atoms with Crippen LogP contribution in [0, 0.1) is 0 Å². The maximum Gasteiger partial charge on any atom is 0.266 e. The van der Waals surface area contributed by atoms with Crippen molar-refractivity contribution in [3.63, 3.8) is 0 Å². The highest BCUT2D eigenvalue weighted by atomic mass is 16.1. The summed E-state index contributed by atoms with van der Waals surface area (Å²) in [5.74, 6) is -0.279. The minimum Gasteiger partial charge on any atom is -0.288 e. The summed E-state index contributed by atoms with van der Waals surface area (Å²) >= 11 is 0. The zero-order chi connectivity index (χ0) is 21.2. The molecule has 3 nitrogen and oxygen atoms in total. The largest absolute Gasteiger partial charge is 0.288 e. The predicted octanol–water partition coefficient (Wildman–Crippen LogP) is 5.89. The lowest BCUT2D eigenvalue weighted by Gasteiger charge is -2.14. The van der Waals surface area contributed by atoms with Gasteiger partial charge in [0, 0.05) is 17.1 Å². The highest BCUT2D eigenvalue weighted by molar-refractivity contribution is 6.12. The Morgan fingerprint density at radius 3 is 2.06 bits per heavy atom. The van der Waals surface area contributed by atoms with Crippen molar-refractivity contribution in [2.75, 3.05) is 0 Å². The summed E-state index contributed by atoms with van der Waals surface area (Å²) in [6.07, 6.45) is 1.76. The molecule has 0 saturated heterocycles. The van der Waals surface area contributed by atoms with Crippen LogP contribution < -0.4 is 5.56 Å². The molecule has 0 amide bonds. The van der Waals surface area contributed by atoms with Gasteiger partial charge < -0.3 is 0 Å². The van der Waals surface area contributed by atoms with Crippen LogP contribution in [0.15, 0.2) is 120 Å². The lowest BCUT2D eigenvalue weighted by atomic mass is 9.95. The van der Waals surface area contributed by atoms with Gasteiger partial charge >= 0.3 is 0 Å². The Balaban J connectivity index is 1.80. The lowest BCUT2D eigenvalue weighted by molar-refractivity contribution is 0.103. The van der Waals surface area contributed by atoms with E-state index < -0.39 is 0 Å². The minimum absolute atomic E-state index is 0.174. The van der Waals surface area contributed by atoms with Crippen molar-refractivity contribution in [3.05, 3.63) is 137 Å². The van der Waals surface area contributed by atoms with Gasteiger partial charge in [0.2, 0.25) is 0 Å². The Bertz CT molecular complexity index is 1450. The molecule has 0 saturated carbocycles. The van der Waals surface area contributed by atoms with Gasteiger partial charge in [0.05, 0.1) is 11.3 Å². The van der Waals surface area contributed by atoms with Gasteiger partial charge in [-0.2, -0.15) is 0 Å². The van der Waals surface area contributed by atoms with E-state index in [0.29, 0.717) is 11.1 Å². The molecule has 0 atom stereocenters. The molecule has 0 aliphatic heterocycles. The van der Waals surface area contributed by atoms with Crippen molar-refractivity contribution in [2.45, 2.75) is 0 Å². The Morgan fingerprint density at radius 1 is 0.645 bits per heavy atom. The molecule has 0 aliphatic rings. The summed E-state index contributed by atoms with van der Waals surface area (Å²) in [5.41, 5.74) is 2.57. The third-order valence-corrected chi connectivity index (χ3v) is 5.47. The third-order valence-electron chi connectivity index (χ3n) is 5.47. The van der Waals surface area contributed by atoms with Crippen LogP contribution in [0.4, 0.5) is 0 Å². The molecule has 1 aromatic heterocycles. The lowest BCUT2D eigenvalue weighted by Crippen LogP contribution is -2.26. The third kappa shape index (κ3) is 3.36. The van der Waals surface area contributed by atoms with Crippen LogP contribution >= 0.6 is 0 Å². The first kappa shape index (κ1) is 18.8. The second-order valence-corrected chi connectivity index (χ2v) is 7.34. The number of aromatic nitrogens is 1. The van der Waals surface area contributed by atoms with Gasteiger partial charge in [-0.1, -0.05) is 97.1 Å². The zero-order valence-electron chi connectivity index (χ0n) is 16.7. The molecular formula is C28H19NO2. The minimum atomic E-state index is -0.327. The average molecular weight is 401 g/mol. The molecule has 1 heterocycles. The van der Waals surface area contributed by atoms with E-state index in [1.807, 2.05) is 97.1 Å². The molecule has 0 unspecified atom stereocenters.